The molecular formula is C18H15NS. The average molecular weight is 277 g/mol. The Labute approximate surface area is 125 Å². The van der Waals surface area contributed by atoms with Gasteiger partial charge in [0.2, 0.25) is 0 Å². The summed E-state index contributed by atoms with van der Waals surface area (Å²) in [4.78, 5) is 0. The van der Waals surface area contributed by atoms with E-state index in [0.717, 1.165) is 11.4 Å². The van der Waals surface area contributed by atoms with E-state index in [2.05, 4.69) is 61.3 Å². The molecule has 2 heteroatoms. The van der Waals surface area contributed by atoms with Gasteiger partial charge in [-0.1, -0.05) is 73.5 Å². The van der Waals surface area contributed by atoms with Crippen LogP contribution >= 0.6 is 12.8 Å². The van der Waals surface area contributed by atoms with E-state index in [1.165, 1.54) is 11.1 Å². The third kappa shape index (κ3) is 2.70. The first-order chi connectivity index (χ1) is 9.84. The van der Waals surface area contributed by atoms with E-state index in [4.69, 9.17) is 0 Å². The fraction of sp³-hybridized carbons (Fsp3) is 0. The van der Waals surface area contributed by atoms with Gasteiger partial charge in [0.15, 0.2) is 0 Å². The van der Waals surface area contributed by atoms with Crippen LogP contribution in [0, 0.1) is 0 Å². The number of thiol groups is 1. The van der Waals surface area contributed by atoms with Crippen LogP contribution < -0.4 is 4.31 Å². The van der Waals surface area contributed by atoms with E-state index >= 15 is 0 Å². The second kappa shape index (κ2) is 5.85. The van der Waals surface area contributed by atoms with Crippen LogP contribution in [0.25, 0.3) is 11.1 Å². The minimum absolute atomic E-state index is 1.05. The molecular weight excluding hydrogens is 262 g/mol. The molecule has 0 spiro atoms. The molecule has 0 saturated carbocycles. The van der Waals surface area contributed by atoms with Crippen LogP contribution in [-0.4, -0.2) is 0 Å². The first-order valence-corrected chi connectivity index (χ1v) is 6.94. The molecule has 0 saturated heterocycles. The van der Waals surface area contributed by atoms with Gasteiger partial charge in [-0.3, -0.25) is 4.31 Å². The molecule has 0 aliphatic heterocycles. The predicted molar refractivity (Wildman–Crippen MR) is 89.4 cm³/mol. The van der Waals surface area contributed by atoms with Gasteiger partial charge in [0.05, 0.1) is 11.4 Å². The number of rotatable bonds is 3. The lowest BCUT2D eigenvalue weighted by Crippen LogP contribution is -2.01. The zero-order valence-corrected chi connectivity index (χ0v) is 11.9. The first kappa shape index (κ1) is 12.8. The number of benzene rings is 3. The second-order valence-electron chi connectivity index (χ2n) is 4.56. The molecule has 0 heterocycles. The number of hydrogen-bond donors (Lipinski definition) is 1. The lowest BCUT2D eigenvalue weighted by atomic mass is 10.1. The molecule has 0 aromatic heterocycles. The lowest BCUT2D eigenvalue weighted by molar-refractivity contribution is 1.44. The van der Waals surface area contributed by atoms with Crippen molar-refractivity contribution in [2.45, 2.75) is 0 Å². The van der Waals surface area contributed by atoms with Gasteiger partial charge in [0.25, 0.3) is 0 Å². The zero-order valence-electron chi connectivity index (χ0n) is 11.0. The Morgan fingerprint density at radius 2 is 0.950 bits per heavy atom. The highest BCUT2D eigenvalue weighted by Gasteiger charge is 2.04. The number of anilines is 2. The van der Waals surface area contributed by atoms with Crippen LogP contribution in [0.2, 0.25) is 0 Å². The fourth-order valence-electron chi connectivity index (χ4n) is 2.14. The Morgan fingerprint density at radius 1 is 0.500 bits per heavy atom. The smallest absolute Gasteiger partial charge is 0.0523 e. The van der Waals surface area contributed by atoms with Crippen LogP contribution in [0.15, 0.2) is 84.9 Å². The predicted octanol–water partition coefficient (Wildman–Crippen LogP) is 5.34. The van der Waals surface area contributed by atoms with E-state index in [-0.39, 0.29) is 0 Å². The Kier molecular flexibility index (Phi) is 3.75. The van der Waals surface area contributed by atoms with Crippen LogP contribution in [0.5, 0.6) is 0 Å². The molecule has 20 heavy (non-hydrogen) atoms. The van der Waals surface area contributed by atoms with Gasteiger partial charge < -0.3 is 0 Å². The normalized spacial score (nSPS) is 10.2. The lowest BCUT2D eigenvalue weighted by Gasteiger charge is -2.18. The molecule has 0 amide bonds. The molecule has 1 nitrogen and oxygen atoms in total. The Bertz CT molecular complexity index is 663. The summed E-state index contributed by atoms with van der Waals surface area (Å²) in [5.41, 5.74) is 4.55. The minimum Gasteiger partial charge on any atom is -0.287 e. The molecule has 3 rings (SSSR count). The van der Waals surface area contributed by atoms with E-state index in [0.29, 0.717) is 0 Å². The van der Waals surface area contributed by atoms with Crippen molar-refractivity contribution in [3.63, 3.8) is 0 Å². The monoisotopic (exact) mass is 277 g/mol. The maximum atomic E-state index is 4.56. The summed E-state index contributed by atoms with van der Waals surface area (Å²) in [5.74, 6) is 0. The zero-order chi connectivity index (χ0) is 13.8. The van der Waals surface area contributed by atoms with E-state index in [9.17, 15) is 0 Å². The van der Waals surface area contributed by atoms with Crippen molar-refractivity contribution in [2.75, 3.05) is 4.31 Å². The Morgan fingerprint density at radius 3 is 1.55 bits per heavy atom. The van der Waals surface area contributed by atoms with Gasteiger partial charge in [0, 0.05) is 0 Å². The standard InChI is InChI=1S/C18H15NS/c20-19(17-9-5-2-6-10-17)18-13-11-16(12-14-18)15-7-3-1-4-8-15/h1-14,20H. The topological polar surface area (TPSA) is 3.24 Å². The molecule has 0 radical (unpaired) electrons. The maximum Gasteiger partial charge on any atom is 0.0523 e. The van der Waals surface area contributed by atoms with Gasteiger partial charge in [-0.05, 0) is 35.4 Å². The van der Waals surface area contributed by atoms with Gasteiger partial charge in [0.1, 0.15) is 0 Å². The van der Waals surface area contributed by atoms with Crippen molar-refractivity contribution in [1.29, 1.82) is 0 Å². The molecule has 0 aliphatic rings. The summed E-state index contributed by atoms with van der Waals surface area (Å²) in [6.45, 7) is 0. The highest BCUT2D eigenvalue weighted by Crippen LogP contribution is 2.29. The Balaban J connectivity index is 1.87. The number of nitrogens with zero attached hydrogens (tertiary/aromatic N) is 1. The SMILES string of the molecule is SN(c1ccccc1)c1ccc(-c2ccccc2)cc1. The van der Waals surface area contributed by atoms with Crippen molar-refractivity contribution in [1.82, 2.24) is 0 Å². The van der Waals surface area contributed by atoms with Crippen molar-refractivity contribution in [3.8, 4) is 11.1 Å². The number of hydrogen-bond acceptors (Lipinski definition) is 2. The third-order valence-electron chi connectivity index (χ3n) is 3.22. The van der Waals surface area contributed by atoms with Crippen molar-refractivity contribution in [3.05, 3.63) is 84.9 Å². The maximum absolute atomic E-state index is 4.56. The molecule has 0 bridgehead atoms. The summed E-state index contributed by atoms with van der Waals surface area (Å²) >= 11 is 4.56. The summed E-state index contributed by atoms with van der Waals surface area (Å²) in [5, 5.41) is 0. The molecule has 3 aromatic rings. The minimum atomic E-state index is 1.05. The van der Waals surface area contributed by atoms with Crippen LogP contribution in [0.1, 0.15) is 0 Å². The molecule has 0 N–H and O–H groups in total. The molecule has 98 valence electrons. The van der Waals surface area contributed by atoms with Gasteiger partial charge in [-0.25, -0.2) is 0 Å². The highest BCUT2D eigenvalue weighted by atomic mass is 32.1. The average Bonchev–Trinajstić information content (AvgIpc) is 2.56. The quantitative estimate of drug-likeness (QED) is 0.633. The van der Waals surface area contributed by atoms with E-state index in [1.54, 1.807) is 0 Å². The van der Waals surface area contributed by atoms with E-state index in [1.807, 2.05) is 40.7 Å². The third-order valence-corrected chi connectivity index (χ3v) is 3.68. The summed E-state index contributed by atoms with van der Waals surface area (Å²) in [6, 6.07) is 28.9. The molecule has 0 fully saturated rings. The van der Waals surface area contributed by atoms with Crippen LogP contribution in [0.3, 0.4) is 0 Å². The fourth-order valence-corrected chi connectivity index (χ4v) is 2.41. The highest BCUT2D eigenvalue weighted by molar-refractivity contribution is 7.82. The van der Waals surface area contributed by atoms with Crippen molar-refractivity contribution >= 4 is 24.2 Å². The van der Waals surface area contributed by atoms with Gasteiger partial charge in [-0.2, -0.15) is 0 Å². The summed E-state index contributed by atoms with van der Waals surface area (Å²) in [7, 11) is 0. The summed E-state index contributed by atoms with van der Waals surface area (Å²) in [6.07, 6.45) is 0. The van der Waals surface area contributed by atoms with Crippen molar-refractivity contribution in [2.24, 2.45) is 0 Å². The van der Waals surface area contributed by atoms with Gasteiger partial charge in [-0.15, -0.1) is 0 Å². The largest absolute Gasteiger partial charge is 0.287 e. The second-order valence-corrected chi connectivity index (χ2v) is 4.96. The first-order valence-electron chi connectivity index (χ1n) is 6.54. The van der Waals surface area contributed by atoms with Crippen LogP contribution in [-0.2, 0) is 0 Å². The Hall–Kier alpha value is -2.19. The molecule has 0 aliphatic carbocycles. The van der Waals surface area contributed by atoms with Gasteiger partial charge >= 0.3 is 0 Å². The molecule has 0 atom stereocenters. The number of para-hydroxylation sites is 1. The van der Waals surface area contributed by atoms with Crippen LogP contribution in [0.4, 0.5) is 11.4 Å². The van der Waals surface area contributed by atoms with E-state index < -0.39 is 0 Å². The molecule has 0 unspecified atom stereocenters. The molecule has 3 aromatic carbocycles. The van der Waals surface area contributed by atoms with Crippen molar-refractivity contribution < 1.29 is 0 Å². The summed E-state index contributed by atoms with van der Waals surface area (Å²) < 4.78 is 1.88.